The molecule has 1 saturated carbocycles. The Morgan fingerprint density at radius 3 is 2.35 bits per heavy atom. The van der Waals surface area contributed by atoms with Crippen LogP contribution in [0.25, 0.3) is 0 Å². The molecule has 3 rings (SSSR count). The van der Waals surface area contributed by atoms with Crippen LogP contribution in [0.2, 0.25) is 5.02 Å². The minimum atomic E-state index is 0.209. The number of nitrogens with zero attached hydrogens (tertiary/aromatic N) is 2. The predicted octanol–water partition coefficient (Wildman–Crippen LogP) is 4.17. The molecule has 1 saturated heterocycles. The zero-order valence-electron chi connectivity index (χ0n) is 16.3. The molecule has 1 aromatic rings. The van der Waals surface area contributed by atoms with Crippen LogP contribution >= 0.6 is 11.6 Å². The maximum absolute atomic E-state index is 12.8. The summed E-state index contributed by atoms with van der Waals surface area (Å²) in [6.07, 6.45) is 4.07. The molecular weight excluding hydrogens is 346 g/mol. The summed E-state index contributed by atoms with van der Waals surface area (Å²) < 4.78 is 0. The fourth-order valence-electron chi connectivity index (χ4n) is 4.12. The molecule has 1 amide bonds. The maximum Gasteiger partial charge on any atom is 0.225 e. The highest BCUT2D eigenvalue weighted by molar-refractivity contribution is 6.31. The van der Waals surface area contributed by atoms with Crippen LogP contribution in [0, 0.1) is 12.8 Å². The first-order valence-corrected chi connectivity index (χ1v) is 10.4. The number of aryl methyl sites for hydroxylation is 1. The lowest BCUT2D eigenvalue weighted by molar-refractivity contribution is -0.138. The Morgan fingerprint density at radius 1 is 1.12 bits per heavy atom. The van der Waals surface area contributed by atoms with Crippen molar-refractivity contribution < 1.29 is 4.79 Å². The van der Waals surface area contributed by atoms with Crippen LogP contribution in [0.1, 0.15) is 45.1 Å². The largest absolute Gasteiger partial charge is 0.382 e. The first-order valence-electron chi connectivity index (χ1n) is 9.99. The highest BCUT2D eigenvalue weighted by Gasteiger charge is 2.31. The lowest BCUT2D eigenvalue weighted by Crippen LogP contribution is -2.52. The van der Waals surface area contributed by atoms with E-state index >= 15 is 0 Å². The Hall–Kier alpha value is -1.26. The van der Waals surface area contributed by atoms with Crippen molar-refractivity contribution >= 4 is 23.2 Å². The van der Waals surface area contributed by atoms with E-state index in [2.05, 4.69) is 41.1 Å². The van der Waals surface area contributed by atoms with Gasteiger partial charge < -0.3 is 10.2 Å². The molecule has 2 aliphatic rings. The second-order valence-corrected chi connectivity index (χ2v) is 8.52. The van der Waals surface area contributed by atoms with Crippen molar-refractivity contribution in [3.05, 3.63) is 28.8 Å². The van der Waals surface area contributed by atoms with Crippen LogP contribution < -0.4 is 5.32 Å². The normalized spacial score (nSPS) is 24.7. The van der Waals surface area contributed by atoms with E-state index in [0.717, 1.165) is 68.1 Å². The molecule has 1 N–H and O–H groups in total. The molecule has 1 aliphatic carbocycles. The number of carbonyl (C=O) groups excluding carboxylic acids is 1. The molecule has 4 nitrogen and oxygen atoms in total. The van der Waals surface area contributed by atoms with Crippen LogP contribution in [0.4, 0.5) is 5.69 Å². The number of halogens is 1. The van der Waals surface area contributed by atoms with Gasteiger partial charge in [0.2, 0.25) is 5.91 Å². The Balaban J connectivity index is 1.46. The van der Waals surface area contributed by atoms with Gasteiger partial charge in [0.1, 0.15) is 0 Å². The number of hydrogen-bond donors (Lipinski definition) is 1. The summed E-state index contributed by atoms with van der Waals surface area (Å²) in [5.74, 6) is 0.588. The summed E-state index contributed by atoms with van der Waals surface area (Å²) in [6.45, 7) is 10.3. The molecule has 0 spiro atoms. The van der Waals surface area contributed by atoms with E-state index in [-0.39, 0.29) is 5.92 Å². The quantitative estimate of drug-likeness (QED) is 0.855. The maximum atomic E-state index is 12.8. The monoisotopic (exact) mass is 377 g/mol. The van der Waals surface area contributed by atoms with Gasteiger partial charge in [-0.15, -0.1) is 0 Å². The van der Waals surface area contributed by atoms with Crippen molar-refractivity contribution in [2.75, 3.05) is 31.5 Å². The van der Waals surface area contributed by atoms with E-state index < -0.39 is 0 Å². The van der Waals surface area contributed by atoms with Gasteiger partial charge >= 0.3 is 0 Å². The van der Waals surface area contributed by atoms with Crippen LogP contribution in [0.15, 0.2) is 18.2 Å². The zero-order valence-corrected chi connectivity index (χ0v) is 17.1. The smallest absolute Gasteiger partial charge is 0.225 e. The third-order valence-corrected chi connectivity index (χ3v) is 6.38. The molecule has 2 fully saturated rings. The highest BCUT2D eigenvalue weighted by atomic mass is 35.5. The van der Waals surface area contributed by atoms with Crippen molar-refractivity contribution in [3.8, 4) is 0 Å². The summed E-state index contributed by atoms with van der Waals surface area (Å²) in [5, 5.41) is 4.40. The van der Waals surface area contributed by atoms with Crippen LogP contribution in [-0.4, -0.2) is 54.0 Å². The SMILES string of the molecule is Cc1ccc(NC2CCC(C(=O)N3CCN(C(C)C)CC3)CC2)cc1Cl. The minimum absolute atomic E-state index is 0.209. The van der Waals surface area contributed by atoms with E-state index in [9.17, 15) is 4.79 Å². The third kappa shape index (κ3) is 4.72. The molecule has 5 heteroatoms. The molecule has 0 radical (unpaired) electrons. The molecule has 144 valence electrons. The number of piperazine rings is 1. The molecule has 0 atom stereocenters. The molecule has 0 unspecified atom stereocenters. The van der Waals surface area contributed by atoms with Gasteiger partial charge in [-0.2, -0.15) is 0 Å². The average molecular weight is 378 g/mol. The van der Waals surface area contributed by atoms with Crippen LogP contribution in [0.5, 0.6) is 0 Å². The van der Waals surface area contributed by atoms with Crippen LogP contribution in [-0.2, 0) is 4.79 Å². The second-order valence-electron chi connectivity index (χ2n) is 8.11. The number of benzene rings is 1. The first-order chi connectivity index (χ1) is 12.4. The molecule has 26 heavy (non-hydrogen) atoms. The van der Waals surface area contributed by atoms with Crippen molar-refractivity contribution in [1.82, 2.24) is 9.80 Å². The van der Waals surface area contributed by atoms with Gasteiger partial charge in [0.15, 0.2) is 0 Å². The number of anilines is 1. The summed E-state index contributed by atoms with van der Waals surface area (Å²) in [5.41, 5.74) is 2.18. The zero-order chi connectivity index (χ0) is 18.7. The summed E-state index contributed by atoms with van der Waals surface area (Å²) in [7, 11) is 0. The van der Waals surface area contributed by atoms with E-state index in [0.29, 0.717) is 18.0 Å². The second kappa shape index (κ2) is 8.62. The van der Waals surface area contributed by atoms with Crippen molar-refractivity contribution in [2.24, 2.45) is 5.92 Å². The van der Waals surface area contributed by atoms with E-state index in [4.69, 9.17) is 11.6 Å². The molecular formula is C21H32ClN3O. The number of nitrogens with one attached hydrogen (secondary N) is 1. The highest BCUT2D eigenvalue weighted by Crippen LogP contribution is 2.29. The molecule has 0 aromatic heterocycles. The molecule has 0 bridgehead atoms. The van der Waals surface area contributed by atoms with Gasteiger partial charge in [-0.3, -0.25) is 9.69 Å². The van der Waals surface area contributed by atoms with Gasteiger partial charge in [-0.05, 0) is 64.2 Å². The van der Waals surface area contributed by atoms with E-state index in [1.807, 2.05) is 13.0 Å². The lowest BCUT2D eigenvalue weighted by Gasteiger charge is -2.39. The van der Waals surface area contributed by atoms with Gasteiger partial charge in [-0.25, -0.2) is 0 Å². The van der Waals surface area contributed by atoms with Crippen molar-refractivity contribution in [1.29, 1.82) is 0 Å². The Labute approximate surface area is 162 Å². The Kier molecular flexibility index (Phi) is 6.46. The topological polar surface area (TPSA) is 35.6 Å². The molecule has 1 aliphatic heterocycles. The molecule has 1 aromatic carbocycles. The summed E-state index contributed by atoms with van der Waals surface area (Å²) in [6, 6.07) is 7.16. The van der Waals surface area contributed by atoms with Crippen LogP contribution in [0.3, 0.4) is 0 Å². The lowest BCUT2D eigenvalue weighted by atomic mass is 9.85. The predicted molar refractivity (Wildman–Crippen MR) is 109 cm³/mol. The fraction of sp³-hybridized carbons (Fsp3) is 0.667. The van der Waals surface area contributed by atoms with Gasteiger partial charge in [0.25, 0.3) is 0 Å². The van der Waals surface area contributed by atoms with Gasteiger partial charge in [-0.1, -0.05) is 17.7 Å². The fourth-order valence-corrected chi connectivity index (χ4v) is 4.30. The summed E-state index contributed by atoms with van der Waals surface area (Å²) in [4.78, 5) is 17.4. The molecule has 1 heterocycles. The van der Waals surface area contributed by atoms with E-state index in [1.54, 1.807) is 0 Å². The van der Waals surface area contributed by atoms with E-state index in [1.165, 1.54) is 0 Å². The standard InChI is InChI=1S/C21H32ClN3O/c1-15(2)24-10-12-25(13-11-24)21(26)17-5-8-18(9-6-17)23-19-7-4-16(3)20(22)14-19/h4,7,14-15,17-18,23H,5-6,8-13H2,1-3H3. The minimum Gasteiger partial charge on any atom is -0.382 e. The van der Waals surface area contributed by atoms with Gasteiger partial charge in [0, 0.05) is 54.9 Å². The Morgan fingerprint density at radius 2 is 1.77 bits per heavy atom. The first kappa shape index (κ1) is 19.5. The number of rotatable bonds is 4. The average Bonchev–Trinajstić information content (AvgIpc) is 2.65. The van der Waals surface area contributed by atoms with Crippen molar-refractivity contribution in [2.45, 2.75) is 58.5 Å². The third-order valence-electron chi connectivity index (χ3n) is 5.98. The number of carbonyl (C=O) groups is 1. The summed E-state index contributed by atoms with van der Waals surface area (Å²) >= 11 is 6.22. The van der Waals surface area contributed by atoms with Crippen molar-refractivity contribution in [3.63, 3.8) is 0 Å². The number of hydrogen-bond acceptors (Lipinski definition) is 3. The van der Waals surface area contributed by atoms with Gasteiger partial charge in [0.05, 0.1) is 0 Å². The Bertz CT molecular complexity index is 618. The number of amides is 1.